The Bertz CT molecular complexity index is 903. The van der Waals surface area contributed by atoms with Gasteiger partial charge in [0.15, 0.2) is 11.5 Å². The van der Waals surface area contributed by atoms with Gasteiger partial charge in [-0.2, -0.15) is 0 Å². The first-order chi connectivity index (χ1) is 10.1. The maximum atomic E-state index is 11.4. The number of hydrogen-bond donors (Lipinski definition) is 2. The standard InChI is InChI=1S/C14H11N3O3S/c15-11-7-3-6-4-9-10(20-2-1-19-9)5-8(6)17-14(7)21-12(11)13(16)18/h3-5H,1-2,15H2,(H2,16,18). The summed E-state index contributed by atoms with van der Waals surface area (Å²) in [6.07, 6.45) is 0. The number of carbonyl (C=O) groups excluding carboxylic acids is 1. The van der Waals surface area contributed by atoms with Crippen LogP contribution in [0.4, 0.5) is 5.69 Å². The molecule has 1 aliphatic rings. The fourth-order valence-corrected chi connectivity index (χ4v) is 3.36. The van der Waals surface area contributed by atoms with E-state index in [4.69, 9.17) is 20.9 Å². The summed E-state index contributed by atoms with van der Waals surface area (Å²) in [4.78, 5) is 16.9. The number of primary amides is 1. The van der Waals surface area contributed by atoms with Crippen LogP contribution in [0.25, 0.3) is 21.1 Å². The maximum Gasteiger partial charge on any atom is 0.260 e. The third-order valence-corrected chi connectivity index (χ3v) is 4.53. The summed E-state index contributed by atoms with van der Waals surface area (Å²) >= 11 is 1.20. The molecule has 0 saturated heterocycles. The van der Waals surface area contributed by atoms with Gasteiger partial charge in [0.05, 0.1) is 11.2 Å². The molecule has 3 aromatic rings. The monoisotopic (exact) mass is 301 g/mol. The molecular weight excluding hydrogens is 290 g/mol. The van der Waals surface area contributed by atoms with Gasteiger partial charge in [0.25, 0.3) is 5.91 Å². The van der Waals surface area contributed by atoms with Crippen molar-refractivity contribution in [2.24, 2.45) is 5.73 Å². The molecular formula is C14H11N3O3S. The third kappa shape index (κ3) is 1.78. The van der Waals surface area contributed by atoms with E-state index >= 15 is 0 Å². The quantitative estimate of drug-likeness (QED) is 0.715. The van der Waals surface area contributed by atoms with Gasteiger partial charge in [0, 0.05) is 16.8 Å². The summed E-state index contributed by atoms with van der Waals surface area (Å²) in [6.45, 7) is 1.05. The Morgan fingerprint density at radius 1 is 1.19 bits per heavy atom. The van der Waals surface area contributed by atoms with Crippen LogP contribution in [-0.4, -0.2) is 24.1 Å². The van der Waals surface area contributed by atoms with Gasteiger partial charge in [-0.15, -0.1) is 11.3 Å². The van der Waals surface area contributed by atoms with Crippen LogP contribution in [0.15, 0.2) is 18.2 Å². The van der Waals surface area contributed by atoms with Crippen molar-refractivity contribution < 1.29 is 14.3 Å². The van der Waals surface area contributed by atoms with Crippen LogP contribution < -0.4 is 20.9 Å². The lowest BCUT2D eigenvalue weighted by Gasteiger charge is -2.18. The van der Waals surface area contributed by atoms with Gasteiger partial charge in [0.1, 0.15) is 22.9 Å². The Kier molecular flexibility index (Phi) is 2.46. The van der Waals surface area contributed by atoms with Crippen molar-refractivity contribution in [3.8, 4) is 11.5 Å². The average Bonchev–Trinajstić information content (AvgIpc) is 2.79. The molecule has 4 N–H and O–H groups in total. The molecule has 0 aliphatic carbocycles. The Morgan fingerprint density at radius 2 is 1.90 bits per heavy atom. The number of anilines is 1. The van der Waals surface area contributed by atoms with E-state index in [0.717, 1.165) is 16.3 Å². The van der Waals surface area contributed by atoms with E-state index in [1.807, 2.05) is 18.2 Å². The minimum absolute atomic E-state index is 0.338. The highest BCUT2D eigenvalue weighted by atomic mass is 32.1. The lowest BCUT2D eigenvalue weighted by Crippen LogP contribution is -2.15. The van der Waals surface area contributed by atoms with E-state index in [9.17, 15) is 4.79 Å². The number of nitrogen functional groups attached to an aromatic ring is 1. The number of pyridine rings is 1. The zero-order valence-electron chi connectivity index (χ0n) is 10.9. The van der Waals surface area contributed by atoms with Crippen molar-refractivity contribution in [2.45, 2.75) is 0 Å². The van der Waals surface area contributed by atoms with Crippen molar-refractivity contribution in [3.63, 3.8) is 0 Å². The van der Waals surface area contributed by atoms with Gasteiger partial charge in [-0.1, -0.05) is 0 Å². The number of aromatic nitrogens is 1. The highest BCUT2D eigenvalue weighted by Crippen LogP contribution is 2.38. The van der Waals surface area contributed by atoms with E-state index in [1.165, 1.54) is 11.3 Å². The van der Waals surface area contributed by atoms with E-state index in [2.05, 4.69) is 4.98 Å². The topological polar surface area (TPSA) is 100 Å². The number of hydrogen-bond acceptors (Lipinski definition) is 6. The van der Waals surface area contributed by atoms with E-state index in [1.54, 1.807) is 0 Å². The van der Waals surface area contributed by atoms with Crippen LogP contribution in [0, 0.1) is 0 Å². The number of nitrogens with zero attached hydrogens (tertiary/aromatic N) is 1. The van der Waals surface area contributed by atoms with Gasteiger partial charge in [0.2, 0.25) is 0 Å². The SMILES string of the molecule is NC(=O)c1sc2nc3cc4c(cc3cc2c1N)OCCO4. The molecule has 0 unspecified atom stereocenters. The smallest absolute Gasteiger partial charge is 0.260 e. The number of rotatable bonds is 1. The van der Waals surface area contributed by atoms with Crippen molar-refractivity contribution >= 4 is 44.1 Å². The van der Waals surface area contributed by atoms with Crippen LogP contribution in [0.3, 0.4) is 0 Å². The maximum absolute atomic E-state index is 11.4. The number of nitrogens with two attached hydrogens (primary N) is 2. The van der Waals surface area contributed by atoms with E-state index in [0.29, 0.717) is 40.1 Å². The van der Waals surface area contributed by atoms with E-state index in [-0.39, 0.29) is 0 Å². The van der Waals surface area contributed by atoms with Crippen molar-refractivity contribution in [3.05, 3.63) is 23.1 Å². The normalized spacial score (nSPS) is 13.7. The van der Waals surface area contributed by atoms with Crippen LogP contribution in [0.5, 0.6) is 11.5 Å². The van der Waals surface area contributed by atoms with Crippen molar-refractivity contribution in [2.75, 3.05) is 18.9 Å². The largest absolute Gasteiger partial charge is 0.486 e. The minimum Gasteiger partial charge on any atom is -0.486 e. The molecule has 2 aromatic heterocycles. The molecule has 0 atom stereocenters. The first-order valence-corrected chi connectivity index (χ1v) is 7.17. The summed E-state index contributed by atoms with van der Waals surface area (Å²) in [5.41, 5.74) is 12.5. The molecule has 21 heavy (non-hydrogen) atoms. The average molecular weight is 301 g/mol. The van der Waals surface area contributed by atoms with Gasteiger partial charge in [-0.3, -0.25) is 4.79 Å². The number of fused-ring (bicyclic) bond motifs is 3. The number of thiophene rings is 1. The molecule has 4 rings (SSSR count). The molecule has 0 bridgehead atoms. The molecule has 0 radical (unpaired) electrons. The zero-order chi connectivity index (χ0) is 14.6. The Labute approximate surface area is 123 Å². The number of ether oxygens (including phenoxy) is 2. The highest BCUT2D eigenvalue weighted by molar-refractivity contribution is 7.21. The molecule has 1 amide bonds. The molecule has 1 aliphatic heterocycles. The van der Waals surface area contributed by atoms with Crippen molar-refractivity contribution in [1.29, 1.82) is 0 Å². The summed E-state index contributed by atoms with van der Waals surface area (Å²) in [6, 6.07) is 5.61. The molecule has 0 saturated carbocycles. The van der Waals surface area contributed by atoms with Crippen LogP contribution in [0.2, 0.25) is 0 Å². The number of amides is 1. The molecule has 0 fully saturated rings. The lowest BCUT2D eigenvalue weighted by atomic mass is 10.1. The molecule has 7 heteroatoms. The summed E-state index contributed by atoms with van der Waals surface area (Å²) in [5.74, 6) is 0.838. The van der Waals surface area contributed by atoms with Gasteiger partial charge in [-0.05, 0) is 12.1 Å². The second kappa shape index (κ2) is 4.23. The van der Waals surface area contributed by atoms with Gasteiger partial charge < -0.3 is 20.9 Å². The van der Waals surface area contributed by atoms with Gasteiger partial charge >= 0.3 is 0 Å². The molecule has 106 valence electrons. The molecule has 3 heterocycles. The molecule has 1 aromatic carbocycles. The fraction of sp³-hybridized carbons (Fsp3) is 0.143. The first kappa shape index (κ1) is 12.2. The number of carbonyl (C=O) groups is 1. The fourth-order valence-electron chi connectivity index (χ4n) is 2.42. The number of benzene rings is 1. The van der Waals surface area contributed by atoms with Gasteiger partial charge in [-0.25, -0.2) is 4.98 Å². The van der Waals surface area contributed by atoms with E-state index < -0.39 is 5.91 Å². The predicted molar refractivity (Wildman–Crippen MR) is 81.0 cm³/mol. The predicted octanol–water partition coefficient (Wildman–Crippen LogP) is 1.90. The minimum atomic E-state index is -0.537. The second-order valence-electron chi connectivity index (χ2n) is 4.74. The third-order valence-electron chi connectivity index (χ3n) is 3.40. The Morgan fingerprint density at radius 3 is 2.62 bits per heavy atom. The van der Waals surface area contributed by atoms with Crippen LogP contribution in [0.1, 0.15) is 9.67 Å². The lowest BCUT2D eigenvalue weighted by molar-refractivity contribution is 0.100. The highest BCUT2D eigenvalue weighted by Gasteiger charge is 2.18. The Balaban J connectivity index is 2.02. The molecule has 6 nitrogen and oxygen atoms in total. The van der Waals surface area contributed by atoms with Crippen molar-refractivity contribution in [1.82, 2.24) is 4.98 Å². The summed E-state index contributed by atoms with van der Waals surface area (Å²) in [7, 11) is 0. The summed E-state index contributed by atoms with van der Waals surface area (Å²) in [5, 5.41) is 1.62. The van der Waals surface area contributed by atoms with Crippen LogP contribution >= 0.6 is 11.3 Å². The van der Waals surface area contributed by atoms with Crippen LogP contribution in [-0.2, 0) is 0 Å². The zero-order valence-corrected chi connectivity index (χ0v) is 11.7. The molecule has 0 spiro atoms. The second-order valence-corrected chi connectivity index (χ2v) is 5.74. The Hall–Kier alpha value is -2.54. The first-order valence-electron chi connectivity index (χ1n) is 6.35. The summed E-state index contributed by atoms with van der Waals surface area (Å²) < 4.78 is 11.1.